The fraction of sp³-hybridized carbons (Fsp3) is 1.00. The van der Waals surface area contributed by atoms with E-state index in [-0.39, 0.29) is 6.04 Å². The molecule has 2 saturated heterocycles. The van der Waals surface area contributed by atoms with Crippen LogP contribution in [0, 0.1) is 5.92 Å². The van der Waals surface area contributed by atoms with Gasteiger partial charge in [-0.2, -0.15) is 11.8 Å². The highest BCUT2D eigenvalue weighted by atomic mass is 32.2. The van der Waals surface area contributed by atoms with Crippen LogP contribution in [-0.2, 0) is 10.0 Å². The summed E-state index contributed by atoms with van der Waals surface area (Å²) in [4.78, 5) is 0. The highest BCUT2D eigenvalue weighted by Gasteiger charge is 2.25. The van der Waals surface area contributed by atoms with Crippen molar-refractivity contribution in [2.24, 2.45) is 5.92 Å². The van der Waals surface area contributed by atoms with Gasteiger partial charge in [0.25, 0.3) is 0 Å². The first-order valence-electron chi connectivity index (χ1n) is 5.94. The van der Waals surface area contributed by atoms with Gasteiger partial charge in [-0.05, 0) is 49.8 Å². The third kappa shape index (κ3) is 3.91. The lowest BCUT2D eigenvalue weighted by molar-refractivity contribution is 0.516. The topological polar surface area (TPSA) is 58.2 Å². The number of hydrogen-bond acceptors (Lipinski definition) is 4. The quantitative estimate of drug-likeness (QED) is 0.772. The first-order chi connectivity index (χ1) is 7.66. The molecular weight excluding hydrogens is 244 g/mol. The molecule has 6 heteroatoms. The normalized spacial score (nSPS) is 28.4. The summed E-state index contributed by atoms with van der Waals surface area (Å²) in [6.07, 6.45) is 2.95. The first kappa shape index (κ1) is 12.7. The average molecular weight is 264 g/mol. The van der Waals surface area contributed by atoms with Crippen molar-refractivity contribution >= 4 is 21.8 Å². The zero-order valence-electron chi connectivity index (χ0n) is 9.44. The van der Waals surface area contributed by atoms with Gasteiger partial charge >= 0.3 is 0 Å². The standard InChI is InChI=1S/C10H20N2O2S2/c13-16(14,8-9-1-4-11-7-9)12-10-2-5-15-6-3-10/h9-12H,1-8H2. The number of hydrogen-bond donors (Lipinski definition) is 2. The molecule has 0 aromatic rings. The highest BCUT2D eigenvalue weighted by molar-refractivity contribution is 7.99. The Morgan fingerprint density at radius 3 is 2.62 bits per heavy atom. The summed E-state index contributed by atoms with van der Waals surface area (Å²) in [7, 11) is -3.06. The van der Waals surface area contributed by atoms with Crippen molar-refractivity contribution in [1.29, 1.82) is 0 Å². The van der Waals surface area contributed by atoms with Gasteiger partial charge in [0.15, 0.2) is 0 Å². The fourth-order valence-corrected chi connectivity index (χ4v) is 5.14. The number of thioether (sulfide) groups is 1. The van der Waals surface area contributed by atoms with Crippen molar-refractivity contribution in [2.45, 2.75) is 25.3 Å². The second-order valence-electron chi connectivity index (χ2n) is 4.64. The van der Waals surface area contributed by atoms with Crippen LogP contribution in [0.25, 0.3) is 0 Å². The van der Waals surface area contributed by atoms with Gasteiger partial charge in [0.2, 0.25) is 10.0 Å². The van der Waals surface area contributed by atoms with Crippen LogP contribution in [0.1, 0.15) is 19.3 Å². The summed E-state index contributed by atoms with van der Waals surface area (Å²) < 4.78 is 26.7. The molecule has 0 spiro atoms. The Hall–Kier alpha value is 0.220. The largest absolute Gasteiger partial charge is 0.316 e. The van der Waals surface area contributed by atoms with Crippen LogP contribution in [0.4, 0.5) is 0 Å². The van der Waals surface area contributed by atoms with Crippen molar-refractivity contribution < 1.29 is 8.42 Å². The molecule has 0 aliphatic carbocycles. The third-order valence-corrected chi connectivity index (χ3v) is 5.84. The van der Waals surface area contributed by atoms with E-state index in [0.717, 1.165) is 43.9 Å². The van der Waals surface area contributed by atoms with E-state index in [1.165, 1.54) is 0 Å². The monoisotopic (exact) mass is 264 g/mol. The molecule has 0 bridgehead atoms. The molecule has 0 saturated carbocycles. The molecule has 2 rings (SSSR count). The van der Waals surface area contributed by atoms with E-state index in [1.54, 1.807) is 0 Å². The number of rotatable bonds is 4. The molecule has 16 heavy (non-hydrogen) atoms. The minimum atomic E-state index is -3.06. The molecule has 0 aromatic carbocycles. The van der Waals surface area contributed by atoms with E-state index >= 15 is 0 Å². The molecule has 0 radical (unpaired) electrons. The lowest BCUT2D eigenvalue weighted by atomic mass is 10.2. The van der Waals surface area contributed by atoms with E-state index < -0.39 is 10.0 Å². The van der Waals surface area contributed by atoms with Gasteiger partial charge in [0.1, 0.15) is 0 Å². The van der Waals surface area contributed by atoms with E-state index in [4.69, 9.17) is 0 Å². The summed E-state index contributed by atoms with van der Waals surface area (Å²) in [5.41, 5.74) is 0. The minimum Gasteiger partial charge on any atom is -0.316 e. The Labute approximate surface area is 102 Å². The van der Waals surface area contributed by atoms with E-state index in [9.17, 15) is 8.42 Å². The molecule has 2 aliphatic heterocycles. The SMILES string of the molecule is O=S(=O)(CC1CCNC1)NC1CCSCC1. The predicted molar refractivity (Wildman–Crippen MR) is 68.2 cm³/mol. The molecule has 2 N–H and O–H groups in total. The van der Waals surface area contributed by atoms with Gasteiger partial charge in [0.05, 0.1) is 5.75 Å². The Kier molecular flexibility index (Phi) is 4.52. The Morgan fingerprint density at radius 1 is 1.25 bits per heavy atom. The van der Waals surface area contributed by atoms with Crippen LogP contribution in [0.3, 0.4) is 0 Å². The first-order valence-corrected chi connectivity index (χ1v) is 8.75. The zero-order valence-corrected chi connectivity index (χ0v) is 11.1. The number of nitrogens with one attached hydrogen (secondary N) is 2. The van der Waals surface area contributed by atoms with Crippen LogP contribution in [0.15, 0.2) is 0 Å². The second-order valence-corrected chi connectivity index (χ2v) is 7.67. The molecular formula is C10H20N2O2S2. The Balaban J connectivity index is 1.81. The molecule has 94 valence electrons. The summed E-state index contributed by atoms with van der Waals surface area (Å²) in [6.45, 7) is 1.81. The van der Waals surface area contributed by atoms with Crippen LogP contribution in [0.5, 0.6) is 0 Å². The van der Waals surface area contributed by atoms with E-state index in [2.05, 4.69) is 10.0 Å². The van der Waals surface area contributed by atoms with Gasteiger partial charge in [-0.25, -0.2) is 13.1 Å². The van der Waals surface area contributed by atoms with E-state index in [0.29, 0.717) is 11.7 Å². The summed E-state index contributed by atoms with van der Waals surface area (Å²) in [6, 6.07) is 0.181. The van der Waals surface area contributed by atoms with Crippen LogP contribution < -0.4 is 10.0 Å². The van der Waals surface area contributed by atoms with Crippen molar-refractivity contribution in [3.05, 3.63) is 0 Å². The van der Waals surface area contributed by atoms with Crippen molar-refractivity contribution in [3.63, 3.8) is 0 Å². The summed E-state index contributed by atoms with van der Waals surface area (Å²) in [5.74, 6) is 2.76. The van der Waals surface area contributed by atoms with Gasteiger partial charge < -0.3 is 5.32 Å². The van der Waals surface area contributed by atoms with Crippen LogP contribution in [-0.4, -0.2) is 44.8 Å². The lowest BCUT2D eigenvalue weighted by Gasteiger charge is -2.23. The van der Waals surface area contributed by atoms with Crippen LogP contribution >= 0.6 is 11.8 Å². The second kappa shape index (κ2) is 5.71. The Morgan fingerprint density at radius 2 is 2.00 bits per heavy atom. The molecule has 4 nitrogen and oxygen atoms in total. The highest BCUT2D eigenvalue weighted by Crippen LogP contribution is 2.18. The molecule has 1 atom stereocenters. The third-order valence-electron chi connectivity index (χ3n) is 3.19. The van der Waals surface area contributed by atoms with Crippen molar-refractivity contribution in [3.8, 4) is 0 Å². The molecule has 2 fully saturated rings. The predicted octanol–water partition coefficient (Wildman–Crippen LogP) is 0.411. The van der Waals surface area contributed by atoms with Crippen molar-refractivity contribution in [2.75, 3.05) is 30.3 Å². The molecule has 1 unspecified atom stereocenters. The van der Waals surface area contributed by atoms with Crippen molar-refractivity contribution in [1.82, 2.24) is 10.0 Å². The summed E-state index contributed by atoms with van der Waals surface area (Å²) in [5, 5.41) is 3.20. The van der Waals surface area contributed by atoms with Crippen LogP contribution in [0.2, 0.25) is 0 Å². The number of sulfonamides is 1. The maximum Gasteiger partial charge on any atom is 0.212 e. The Bertz CT molecular complexity index is 307. The molecule has 0 aromatic heterocycles. The zero-order chi connectivity index (χ0) is 11.4. The van der Waals surface area contributed by atoms with Gasteiger partial charge in [0, 0.05) is 6.04 Å². The molecule has 2 heterocycles. The smallest absolute Gasteiger partial charge is 0.212 e. The molecule has 0 amide bonds. The van der Waals surface area contributed by atoms with Gasteiger partial charge in [-0.15, -0.1) is 0 Å². The summed E-state index contributed by atoms with van der Waals surface area (Å²) >= 11 is 1.91. The maximum absolute atomic E-state index is 11.9. The minimum absolute atomic E-state index is 0.181. The van der Waals surface area contributed by atoms with E-state index in [1.807, 2.05) is 11.8 Å². The van der Waals surface area contributed by atoms with Gasteiger partial charge in [-0.1, -0.05) is 0 Å². The molecule has 2 aliphatic rings. The van der Waals surface area contributed by atoms with Gasteiger partial charge in [-0.3, -0.25) is 0 Å². The fourth-order valence-electron chi connectivity index (χ4n) is 2.28. The average Bonchev–Trinajstić information content (AvgIpc) is 2.70. The lowest BCUT2D eigenvalue weighted by Crippen LogP contribution is -2.40. The maximum atomic E-state index is 11.9.